The molecule has 0 saturated carbocycles. The van der Waals surface area contributed by atoms with E-state index >= 15 is 0 Å². The van der Waals surface area contributed by atoms with Crippen LogP contribution in [0.15, 0.2) is 43.2 Å². The maximum Gasteiger partial charge on any atom is 0.227 e. The van der Waals surface area contributed by atoms with Crippen molar-refractivity contribution in [1.29, 1.82) is 0 Å². The number of thiophene rings is 1. The highest BCUT2D eigenvalue weighted by atomic mass is 32.1. The van der Waals surface area contributed by atoms with Crippen LogP contribution in [-0.4, -0.2) is 43.7 Å². The van der Waals surface area contributed by atoms with Crippen molar-refractivity contribution >= 4 is 39.0 Å². The zero-order valence-corrected chi connectivity index (χ0v) is 19.0. The van der Waals surface area contributed by atoms with Gasteiger partial charge < -0.3 is 10.2 Å². The van der Waals surface area contributed by atoms with Crippen LogP contribution in [0.2, 0.25) is 0 Å². The Kier molecular flexibility index (Phi) is 5.57. The quantitative estimate of drug-likeness (QED) is 0.501. The number of piperidine rings is 1. The number of rotatable bonds is 5. The highest BCUT2D eigenvalue weighted by molar-refractivity contribution is 7.18. The molecule has 9 heteroatoms. The summed E-state index contributed by atoms with van der Waals surface area (Å²) >= 11 is 1.71. The second-order valence-corrected chi connectivity index (χ2v) is 9.41. The number of aryl methyl sites for hydroxylation is 2. The molecule has 3 aromatic heterocycles. The maximum absolute atomic E-state index is 12.9. The third kappa shape index (κ3) is 4.08. The number of carbonyl (C=O) groups excluding carboxylic acids is 1. The first kappa shape index (κ1) is 20.6. The predicted octanol–water partition coefficient (Wildman–Crippen LogP) is 3.80. The first-order valence-corrected chi connectivity index (χ1v) is 11.6. The molecular formula is C23H25N7OS. The van der Waals surface area contributed by atoms with E-state index in [-0.39, 0.29) is 11.8 Å². The topological polar surface area (TPSA) is 88.8 Å². The van der Waals surface area contributed by atoms with Gasteiger partial charge in [-0.2, -0.15) is 5.10 Å². The summed E-state index contributed by atoms with van der Waals surface area (Å²) in [7, 11) is 0. The van der Waals surface area contributed by atoms with Crippen LogP contribution in [0.4, 0.5) is 11.5 Å². The highest BCUT2D eigenvalue weighted by Gasteiger charge is 2.27. The lowest BCUT2D eigenvalue weighted by molar-refractivity contribution is -0.120. The summed E-state index contributed by atoms with van der Waals surface area (Å²) in [6.07, 6.45) is 6.46. The third-order valence-electron chi connectivity index (χ3n) is 6.12. The number of carbonyl (C=O) groups is 1. The van der Waals surface area contributed by atoms with Crippen molar-refractivity contribution < 1.29 is 4.79 Å². The molecule has 8 nitrogen and oxygen atoms in total. The Labute approximate surface area is 190 Å². The first-order chi connectivity index (χ1) is 15.6. The number of nitrogens with one attached hydrogen (secondary N) is 1. The Bertz CT molecular complexity index is 1240. The van der Waals surface area contributed by atoms with Crippen LogP contribution < -0.4 is 10.2 Å². The van der Waals surface area contributed by atoms with Gasteiger partial charge in [0.05, 0.1) is 11.9 Å². The van der Waals surface area contributed by atoms with Crippen molar-refractivity contribution in [3.8, 4) is 0 Å². The molecule has 1 aliphatic heterocycles. The fourth-order valence-corrected chi connectivity index (χ4v) is 5.24. The number of benzene rings is 1. The first-order valence-electron chi connectivity index (χ1n) is 10.8. The number of fused-ring (bicyclic) bond motifs is 1. The van der Waals surface area contributed by atoms with Crippen LogP contribution in [0.1, 0.15) is 28.8 Å². The van der Waals surface area contributed by atoms with Crippen molar-refractivity contribution in [3.63, 3.8) is 0 Å². The summed E-state index contributed by atoms with van der Waals surface area (Å²) in [5, 5.41) is 8.39. The van der Waals surface area contributed by atoms with Gasteiger partial charge in [0.2, 0.25) is 5.91 Å². The number of nitrogens with zero attached hydrogens (tertiary/aromatic N) is 6. The molecule has 1 N–H and O–H groups in total. The van der Waals surface area contributed by atoms with Crippen LogP contribution in [0.3, 0.4) is 0 Å². The van der Waals surface area contributed by atoms with E-state index in [0.29, 0.717) is 6.54 Å². The van der Waals surface area contributed by atoms with Gasteiger partial charge in [0, 0.05) is 29.6 Å². The van der Waals surface area contributed by atoms with Crippen molar-refractivity contribution in [1.82, 2.24) is 24.7 Å². The van der Waals surface area contributed by atoms with Gasteiger partial charge in [0.1, 0.15) is 29.6 Å². The molecule has 0 radical (unpaired) electrons. The standard InChI is InChI=1S/C23H25N7OS/c1-15-16(2)32-23-20(15)21(25-13-26-23)29-8-6-18(7-9-29)22(31)28-19-5-3-4-17(10-19)11-30-14-24-12-27-30/h3-5,10,12-14,18H,6-9,11H2,1-2H3,(H,28,31). The lowest BCUT2D eigenvalue weighted by Gasteiger charge is -2.32. The molecule has 0 spiro atoms. The number of hydrogen-bond donors (Lipinski definition) is 1. The van der Waals surface area contributed by atoms with E-state index < -0.39 is 0 Å². The smallest absolute Gasteiger partial charge is 0.227 e. The molecule has 0 atom stereocenters. The molecule has 1 saturated heterocycles. The molecule has 1 aliphatic rings. The fraction of sp³-hybridized carbons (Fsp3) is 0.348. The molecular weight excluding hydrogens is 422 g/mol. The molecule has 1 aromatic carbocycles. The Morgan fingerprint density at radius 3 is 2.81 bits per heavy atom. The molecule has 0 bridgehead atoms. The van der Waals surface area contributed by atoms with Crippen molar-refractivity contribution in [2.24, 2.45) is 5.92 Å². The van der Waals surface area contributed by atoms with E-state index in [2.05, 4.69) is 44.1 Å². The van der Waals surface area contributed by atoms with Gasteiger partial charge in [-0.1, -0.05) is 12.1 Å². The fourth-order valence-electron chi connectivity index (χ4n) is 4.25. The third-order valence-corrected chi connectivity index (χ3v) is 7.23. The minimum absolute atomic E-state index is 0.00661. The zero-order valence-electron chi connectivity index (χ0n) is 18.2. The molecule has 4 heterocycles. The highest BCUT2D eigenvalue weighted by Crippen LogP contribution is 2.35. The van der Waals surface area contributed by atoms with Crippen LogP contribution in [-0.2, 0) is 11.3 Å². The van der Waals surface area contributed by atoms with Gasteiger partial charge in [-0.3, -0.25) is 4.79 Å². The molecule has 32 heavy (non-hydrogen) atoms. The molecule has 1 fully saturated rings. The second-order valence-electron chi connectivity index (χ2n) is 8.20. The van der Waals surface area contributed by atoms with Gasteiger partial charge in [0.25, 0.3) is 0 Å². The Morgan fingerprint density at radius 2 is 2.03 bits per heavy atom. The van der Waals surface area contributed by atoms with Crippen molar-refractivity contribution in [2.45, 2.75) is 33.2 Å². The van der Waals surface area contributed by atoms with Gasteiger partial charge >= 0.3 is 0 Å². The van der Waals surface area contributed by atoms with Gasteiger partial charge in [-0.15, -0.1) is 11.3 Å². The minimum Gasteiger partial charge on any atom is -0.356 e. The predicted molar refractivity (Wildman–Crippen MR) is 126 cm³/mol. The van der Waals surface area contributed by atoms with Crippen LogP contribution in [0, 0.1) is 19.8 Å². The number of aromatic nitrogens is 5. The maximum atomic E-state index is 12.9. The molecule has 5 rings (SSSR count). The summed E-state index contributed by atoms with van der Waals surface area (Å²) < 4.78 is 1.76. The molecule has 0 aliphatic carbocycles. The Morgan fingerprint density at radius 1 is 1.19 bits per heavy atom. The van der Waals surface area contributed by atoms with Crippen molar-refractivity contribution in [2.75, 3.05) is 23.3 Å². The average molecular weight is 448 g/mol. The summed E-state index contributed by atoms with van der Waals surface area (Å²) in [6, 6.07) is 7.90. The van der Waals surface area contributed by atoms with E-state index in [4.69, 9.17) is 0 Å². The van der Waals surface area contributed by atoms with E-state index in [9.17, 15) is 4.79 Å². The monoisotopic (exact) mass is 447 g/mol. The summed E-state index contributed by atoms with van der Waals surface area (Å²) in [5.74, 6) is 1.07. The summed E-state index contributed by atoms with van der Waals surface area (Å²) in [4.78, 5) is 30.6. The number of anilines is 2. The number of amides is 1. The normalized spacial score (nSPS) is 14.8. The zero-order chi connectivity index (χ0) is 22.1. The summed E-state index contributed by atoms with van der Waals surface area (Å²) in [5.41, 5.74) is 3.14. The van der Waals surface area contributed by atoms with E-state index in [1.807, 2.05) is 24.3 Å². The van der Waals surface area contributed by atoms with E-state index in [1.165, 1.54) is 16.8 Å². The summed E-state index contributed by atoms with van der Waals surface area (Å²) in [6.45, 7) is 6.51. The van der Waals surface area contributed by atoms with E-state index in [1.54, 1.807) is 28.7 Å². The second kappa shape index (κ2) is 8.66. The van der Waals surface area contributed by atoms with Crippen LogP contribution in [0.5, 0.6) is 0 Å². The van der Waals surface area contributed by atoms with Crippen LogP contribution >= 0.6 is 11.3 Å². The van der Waals surface area contributed by atoms with Crippen molar-refractivity contribution in [3.05, 3.63) is 59.3 Å². The van der Waals surface area contributed by atoms with E-state index in [0.717, 1.165) is 53.2 Å². The molecule has 1 amide bonds. The average Bonchev–Trinajstić information content (AvgIpc) is 3.42. The minimum atomic E-state index is -0.00661. The Hall–Kier alpha value is -3.33. The van der Waals surface area contributed by atoms with Gasteiger partial charge in [0.15, 0.2) is 0 Å². The SMILES string of the molecule is Cc1sc2ncnc(N3CCC(C(=O)Nc4cccc(Cn5cncn5)c4)CC3)c2c1C. The molecule has 164 valence electrons. The lowest BCUT2D eigenvalue weighted by Crippen LogP contribution is -2.38. The molecule has 0 unspecified atom stereocenters. The Balaban J connectivity index is 1.23. The largest absolute Gasteiger partial charge is 0.356 e. The van der Waals surface area contributed by atoms with Gasteiger partial charge in [-0.25, -0.2) is 19.6 Å². The lowest BCUT2D eigenvalue weighted by atomic mass is 9.95. The number of hydrogen-bond acceptors (Lipinski definition) is 7. The molecule has 4 aromatic rings. The van der Waals surface area contributed by atoms with Crippen LogP contribution in [0.25, 0.3) is 10.2 Å². The van der Waals surface area contributed by atoms with Gasteiger partial charge in [-0.05, 0) is 49.9 Å².